The topological polar surface area (TPSA) is 17.3 Å². The van der Waals surface area contributed by atoms with Gasteiger partial charge in [-0.1, -0.05) is 75.7 Å². The van der Waals surface area contributed by atoms with E-state index in [1.165, 1.54) is 11.8 Å². The van der Waals surface area contributed by atoms with Crippen LogP contribution in [0.5, 0.6) is 0 Å². The third kappa shape index (κ3) is 4.10. The Balaban J connectivity index is 0.000000745. The van der Waals surface area contributed by atoms with Crippen LogP contribution < -0.4 is 5.49 Å². The van der Waals surface area contributed by atoms with Crippen molar-refractivity contribution in [2.75, 3.05) is 7.05 Å². The molecule has 0 N–H and O–H groups in total. The Hall–Kier alpha value is -1.35. The van der Waals surface area contributed by atoms with Crippen LogP contribution >= 0.6 is 15.9 Å². The van der Waals surface area contributed by atoms with Gasteiger partial charge in [-0.2, -0.15) is 0 Å². The van der Waals surface area contributed by atoms with E-state index >= 15 is 0 Å². The lowest BCUT2D eigenvalue weighted by molar-refractivity contribution is 0.536. The molecular formula is C19H27BrN2. The number of hydrogen-bond donors (Lipinski definition) is 0. The molecular weight excluding hydrogens is 336 g/mol. The molecule has 1 heterocycles. The van der Waals surface area contributed by atoms with Crippen LogP contribution in [0.1, 0.15) is 41.0 Å². The van der Waals surface area contributed by atoms with Crippen molar-refractivity contribution in [1.82, 2.24) is 4.57 Å². The summed E-state index contributed by atoms with van der Waals surface area (Å²) in [5, 5.41) is 2.30. The highest BCUT2D eigenvalue weighted by Crippen LogP contribution is 2.28. The fraction of sp³-hybridized carbons (Fsp3) is 0.421. The smallest absolute Gasteiger partial charge is 0.140 e. The first kappa shape index (κ1) is 18.7. The Bertz CT molecular complexity index is 718. The monoisotopic (exact) mass is 362 g/mol. The first-order chi connectivity index (χ1) is 10.3. The number of benzene rings is 1. The van der Waals surface area contributed by atoms with Crippen LogP contribution in [0.4, 0.5) is 0 Å². The largest absolute Gasteiger partial charge is 0.305 e. The van der Waals surface area contributed by atoms with Crippen molar-refractivity contribution < 1.29 is 0 Å². The van der Waals surface area contributed by atoms with Gasteiger partial charge in [0.2, 0.25) is 0 Å². The fourth-order valence-electron chi connectivity index (χ4n) is 2.06. The maximum absolute atomic E-state index is 4.47. The summed E-state index contributed by atoms with van der Waals surface area (Å²) < 4.78 is 3.13. The molecule has 0 saturated carbocycles. The van der Waals surface area contributed by atoms with E-state index in [0.29, 0.717) is 0 Å². The Labute approximate surface area is 142 Å². The standard InChI is InChI=1S/C16H19BrN2.C3H8/c1-11(16(2,3)4)19-10-9-12-7-6-8-13(17)14(12)15(19)18-5;1-3-2/h6-10H,1H2,2-5H3;3H2,1-2H3. The second-order valence-electron chi connectivity index (χ2n) is 6.34. The van der Waals surface area contributed by atoms with Crippen LogP contribution in [0.3, 0.4) is 0 Å². The maximum Gasteiger partial charge on any atom is 0.140 e. The van der Waals surface area contributed by atoms with E-state index in [2.05, 4.69) is 78.8 Å². The molecule has 22 heavy (non-hydrogen) atoms. The summed E-state index contributed by atoms with van der Waals surface area (Å²) in [6, 6.07) is 8.28. The van der Waals surface area contributed by atoms with E-state index in [9.17, 15) is 0 Å². The number of nitrogens with zero attached hydrogens (tertiary/aromatic N) is 2. The molecule has 0 fully saturated rings. The van der Waals surface area contributed by atoms with Crippen molar-refractivity contribution in [2.24, 2.45) is 10.4 Å². The number of aromatic nitrogens is 1. The van der Waals surface area contributed by atoms with Gasteiger partial charge in [0.1, 0.15) is 5.49 Å². The van der Waals surface area contributed by atoms with Crippen molar-refractivity contribution in [1.29, 1.82) is 0 Å². The molecule has 0 aliphatic heterocycles. The molecule has 0 amide bonds. The lowest BCUT2D eigenvalue weighted by atomic mass is 9.92. The molecule has 1 aromatic heterocycles. The summed E-state index contributed by atoms with van der Waals surface area (Å²) in [6.45, 7) is 15.0. The van der Waals surface area contributed by atoms with Crippen LogP contribution in [-0.4, -0.2) is 11.6 Å². The average molecular weight is 363 g/mol. The van der Waals surface area contributed by atoms with E-state index in [1.807, 2.05) is 25.4 Å². The zero-order valence-electron chi connectivity index (χ0n) is 14.6. The van der Waals surface area contributed by atoms with E-state index in [0.717, 1.165) is 21.0 Å². The Kier molecular flexibility index (Phi) is 6.61. The SMILES string of the molecule is C=C(n1ccc2cccc(Br)c2c1=NC)C(C)(C)C.CCC. The van der Waals surface area contributed by atoms with Crippen molar-refractivity contribution in [2.45, 2.75) is 41.0 Å². The number of halogens is 1. The van der Waals surface area contributed by atoms with Crippen molar-refractivity contribution in [3.8, 4) is 0 Å². The quantitative estimate of drug-likeness (QED) is 0.603. The second-order valence-corrected chi connectivity index (χ2v) is 7.20. The van der Waals surface area contributed by atoms with Gasteiger partial charge in [-0.3, -0.25) is 4.99 Å². The molecule has 120 valence electrons. The second kappa shape index (κ2) is 7.77. The summed E-state index contributed by atoms with van der Waals surface area (Å²) in [7, 11) is 1.82. The highest BCUT2D eigenvalue weighted by Gasteiger charge is 2.17. The third-order valence-electron chi connectivity index (χ3n) is 3.27. The van der Waals surface area contributed by atoms with Gasteiger partial charge in [-0.05, 0) is 17.5 Å². The van der Waals surface area contributed by atoms with Crippen LogP contribution in [0.15, 0.2) is 46.5 Å². The minimum atomic E-state index is -0.000952. The Morgan fingerprint density at radius 1 is 1.23 bits per heavy atom. The van der Waals surface area contributed by atoms with Gasteiger partial charge in [-0.25, -0.2) is 0 Å². The van der Waals surface area contributed by atoms with Crippen LogP contribution in [0, 0.1) is 5.41 Å². The van der Waals surface area contributed by atoms with E-state index in [4.69, 9.17) is 0 Å². The predicted molar refractivity (Wildman–Crippen MR) is 102 cm³/mol. The van der Waals surface area contributed by atoms with Crippen LogP contribution in [0.25, 0.3) is 16.5 Å². The summed E-state index contributed by atoms with van der Waals surface area (Å²) in [4.78, 5) is 4.47. The van der Waals surface area contributed by atoms with Crippen molar-refractivity contribution in [3.05, 3.63) is 47.0 Å². The normalized spacial score (nSPS) is 12.0. The highest BCUT2D eigenvalue weighted by atomic mass is 79.9. The van der Waals surface area contributed by atoms with Gasteiger partial charge in [0.05, 0.1) is 0 Å². The summed E-state index contributed by atoms with van der Waals surface area (Å²) >= 11 is 3.62. The molecule has 0 radical (unpaired) electrons. The summed E-state index contributed by atoms with van der Waals surface area (Å²) in [5.41, 5.74) is 1.97. The van der Waals surface area contributed by atoms with Crippen molar-refractivity contribution in [3.63, 3.8) is 0 Å². The minimum Gasteiger partial charge on any atom is -0.305 e. The van der Waals surface area contributed by atoms with Crippen molar-refractivity contribution >= 4 is 32.4 Å². The Morgan fingerprint density at radius 2 is 1.82 bits per heavy atom. The number of allylic oxidation sites excluding steroid dienone is 1. The molecule has 2 nitrogen and oxygen atoms in total. The summed E-state index contributed by atoms with van der Waals surface area (Å²) in [5.74, 6) is 0. The lowest BCUT2D eigenvalue weighted by Gasteiger charge is -2.24. The average Bonchev–Trinajstić information content (AvgIpc) is 2.45. The lowest BCUT2D eigenvalue weighted by Crippen LogP contribution is -2.26. The highest BCUT2D eigenvalue weighted by molar-refractivity contribution is 9.10. The number of hydrogen-bond acceptors (Lipinski definition) is 1. The molecule has 1 aromatic carbocycles. The predicted octanol–water partition coefficient (Wildman–Crippen LogP) is 5.87. The van der Waals surface area contributed by atoms with Gasteiger partial charge in [0, 0.05) is 34.2 Å². The molecule has 3 heteroatoms. The number of rotatable bonds is 1. The molecule has 0 spiro atoms. The first-order valence-corrected chi connectivity index (χ1v) is 8.49. The van der Waals surface area contributed by atoms with Gasteiger partial charge in [0.15, 0.2) is 0 Å². The Morgan fingerprint density at radius 3 is 2.32 bits per heavy atom. The third-order valence-corrected chi connectivity index (χ3v) is 3.93. The molecule has 0 bridgehead atoms. The molecule has 0 aliphatic carbocycles. The van der Waals surface area contributed by atoms with E-state index < -0.39 is 0 Å². The van der Waals surface area contributed by atoms with Gasteiger partial charge in [-0.15, -0.1) is 0 Å². The minimum absolute atomic E-state index is 0.000952. The first-order valence-electron chi connectivity index (χ1n) is 7.70. The molecule has 0 unspecified atom stereocenters. The van der Waals surface area contributed by atoms with Crippen LogP contribution in [-0.2, 0) is 0 Å². The zero-order valence-corrected chi connectivity index (χ0v) is 16.2. The molecule has 0 saturated heterocycles. The molecule has 0 atom stereocenters. The van der Waals surface area contributed by atoms with E-state index in [1.54, 1.807) is 0 Å². The molecule has 0 aliphatic rings. The number of pyridine rings is 1. The van der Waals surface area contributed by atoms with E-state index in [-0.39, 0.29) is 5.41 Å². The molecule has 2 aromatic rings. The maximum atomic E-state index is 4.47. The van der Waals surface area contributed by atoms with Crippen LogP contribution in [0.2, 0.25) is 0 Å². The fourth-order valence-corrected chi connectivity index (χ4v) is 2.62. The molecule has 2 rings (SSSR count). The number of fused-ring (bicyclic) bond motifs is 1. The summed E-state index contributed by atoms with van der Waals surface area (Å²) in [6.07, 6.45) is 3.30. The van der Waals surface area contributed by atoms with Gasteiger partial charge in [0.25, 0.3) is 0 Å². The van der Waals surface area contributed by atoms with Gasteiger partial charge < -0.3 is 4.57 Å². The van der Waals surface area contributed by atoms with Gasteiger partial charge >= 0.3 is 0 Å². The zero-order chi connectivity index (χ0) is 16.9.